The second-order valence-corrected chi connectivity index (χ2v) is 9.96. The number of benzene rings is 3. The van der Waals surface area contributed by atoms with Gasteiger partial charge >= 0.3 is 5.97 Å². The molecule has 0 bridgehead atoms. The topological polar surface area (TPSA) is 88.4 Å². The van der Waals surface area contributed by atoms with Gasteiger partial charge in [-0.1, -0.05) is 45.7 Å². The summed E-state index contributed by atoms with van der Waals surface area (Å²) in [7, 11) is 3.17. The van der Waals surface area contributed by atoms with Crippen molar-refractivity contribution >= 4 is 68.1 Å². The van der Waals surface area contributed by atoms with Crippen molar-refractivity contribution in [2.75, 3.05) is 14.2 Å². The molecule has 1 aliphatic heterocycles. The number of thioether (sulfide) groups is 1. The predicted molar refractivity (Wildman–Crippen MR) is 145 cm³/mol. The minimum Gasteiger partial charge on any atom is -0.493 e. The molecule has 3 aromatic carbocycles. The smallest absolute Gasteiger partial charge is 0.335 e. The molecule has 1 amide bonds. The number of aliphatic imine (C=N–C) groups is 1. The minimum atomic E-state index is -1.04. The lowest BCUT2D eigenvalue weighted by molar-refractivity contribution is -0.121. The van der Waals surface area contributed by atoms with E-state index in [1.165, 1.54) is 28.8 Å². The molecule has 0 spiro atoms. The highest BCUT2D eigenvalue weighted by Crippen LogP contribution is 2.38. The van der Waals surface area contributed by atoms with Crippen LogP contribution in [-0.2, 0) is 11.4 Å². The number of halogens is 2. The van der Waals surface area contributed by atoms with E-state index in [0.29, 0.717) is 38.9 Å². The third-order valence-corrected chi connectivity index (χ3v) is 7.20. The first-order valence-electron chi connectivity index (χ1n) is 10.6. The average Bonchev–Trinajstić information content (AvgIpc) is 3.12. The molecular weight excluding hydrogens is 568 g/mol. The number of amidine groups is 1. The Bertz CT molecular complexity index is 1390. The van der Waals surface area contributed by atoms with Crippen LogP contribution in [0.2, 0.25) is 5.02 Å². The third kappa shape index (κ3) is 5.92. The first kappa shape index (κ1) is 25.8. The number of carboxylic acids is 1. The van der Waals surface area contributed by atoms with Gasteiger partial charge in [-0.3, -0.25) is 9.69 Å². The van der Waals surface area contributed by atoms with Crippen molar-refractivity contribution in [1.82, 2.24) is 4.90 Å². The van der Waals surface area contributed by atoms with Crippen LogP contribution >= 0.6 is 39.3 Å². The number of hydrogen-bond donors (Lipinski definition) is 1. The number of nitrogens with zero attached hydrogens (tertiary/aromatic N) is 2. The van der Waals surface area contributed by atoms with Gasteiger partial charge in [-0.15, -0.1) is 0 Å². The summed E-state index contributed by atoms with van der Waals surface area (Å²) in [5.41, 5.74) is 2.26. The van der Waals surface area contributed by atoms with Crippen LogP contribution in [0.4, 0.5) is 5.69 Å². The summed E-state index contributed by atoms with van der Waals surface area (Å²) in [5.74, 6) is -0.200. The molecule has 7 nitrogen and oxygen atoms in total. The number of likely N-dealkylation sites (N-methyl/N-ethyl adjacent to an activating group) is 1. The second kappa shape index (κ2) is 11.2. The predicted octanol–water partition coefficient (Wildman–Crippen LogP) is 6.62. The fourth-order valence-electron chi connectivity index (χ4n) is 3.29. The van der Waals surface area contributed by atoms with Crippen molar-refractivity contribution in [3.05, 3.63) is 91.8 Å². The van der Waals surface area contributed by atoms with Crippen molar-refractivity contribution in [2.45, 2.75) is 6.61 Å². The normalized spacial score (nSPS) is 15.6. The van der Waals surface area contributed by atoms with E-state index in [9.17, 15) is 14.7 Å². The number of rotatable bonds is 7. The van der Waals surface area contributed by atoms with Crippen LogP contribution in [0.25, 0.3) is 6.08 Å². The second-order valence-electron chi connectivity index (χ2n) is 7.66. The molecule has 1 saturated heterocycles. The molecule has 4 rings (SSSR count). The largest absolute Gasteiger partial charge is 0.493 e. The van der Waals surface area contributed by atoms with Gasteiger partial charge in [-0.2, -0.15) is 0 Å². The zero-order valence-electron chi connectivity index (χ0n) is 19.2. The van der Waals surface area contributed by atoms with Gasteiger partial charge in [0, 0.05) is 16.5 Å². The van der Waals surface area contributed by atoms with Gasteiger partial charge in [0.25, 0.3) is 5.91 Å². The summed E-state index contributed by atoms with van der Waals surface area (Å²) in [4.78, 5) is 30.5. The van der Waals surface area contributed by atoms with Crippen LogP contribution in [0, 0.1) is 0 Å². The maximum atomic E-state index is 12.9. The van der Waals surface area contributed by atoms with E-state index >= 15 is 0 Å². The van der Waals surface area contributed by atoms with Crippen LogP contribution in [0.1, 0.15) is 21.5 Å². The van der Waals surface area contributed by atoms with Crippen LogP contribution in [-0.4, -0.2) is 41.2 Å². The van der Waals surface area contributed by atoms with E-state index in [2.05, 4.69) is 20.9 Å². The van der Waals surface area contributed by atoms with Crippen molar-refractivity contribution in [3.63, 3.8) is 0 Å². The lowest BCUT2D eigenvalue weighted by atomic mass is 10.1. The van der Waals surface area contributed by atoms with Gasteiger partial charge in [0.15, 0.2) is 16.7 Å². The Hall–Kier alpha value is -3.27. The molecule has 0 atom stereocenters. The monoisotopic (exact) mass is 586 g/mol. The standard InChI is InChI=1S/C26H20BrClN2O5S/c1-30-24(31)23(36-26(30)29-19-5-3-4-16(10-19)25(32)33)12-17-11-21(34-2)22(13-20(17)27)35-14-15-6-8-18(28)9-7-15/h3-13H,14H2,1-2H3,(H,32,33). The van der Waals surface area contributed by atoms with Gasteiger partial charge in [-0.25, -0.2) is 9.79 Å². The summed E-state index contributed by atoms with van der Waals surface area (Å²) in [6.07, 6.45) is 1.75. The third-order valence-electron chi connectivity index (χ3n) is 5.20. The Balaban J connectivity index is 1.57. The molecule has 0 aliphatic carbocycles. The van der Waals surface area contributed by atoms with Gasteiger partial charge in [0.05, 0.1) is 23.3 Å². The summed E-state index contributed by atoms with van der Waals surface area (Å²) >= 11 is 10.7. The number of carbonyl (C=O) groups excluding carboxylic acids is 1. The quantitative estimate of drug-likeness (QED) is 0.313. The Morgan fingerprint density at radius 1 is 1.17 bits per heavy atom. The number of amides is 1. The first-order valence-corrected chi connectivity index (χ1v) is 12.6. The van der Waals surface area contributed by atoms with E-state index in [1.54, 1.807) is 56.6 Å². The average molecular weight is 588 g/mol. The van der Waals surface area contributed by atoms with Crippen molar-refractivity contribution in [2.24, 2.45) is 4.99 Å². The fraction of sp³-hybridized carbons (Fsp3) is 0.115. The van der Waals surface area contributed by atoms with Crippen LogP contribution in [0.3, 0.4) is 0 Å². The Labute approximate surface area is 225 Å². The van der Waals surface area contributed by atoms with E-state index < -0.39 is 5.97 Å². The van der Waals surface area contributed by atoms with E-state index in [0.717, 1.165) is 15.6 Å². The SMILES string of the molecule is COc1cc(C=C2SC(=Nc3cccc(C(=O)O)c3)N(C)C2=O)c(Br)cc1OCc1ccc(Cl)cc1. The molecule has 36 heavy (non-hydrogen) atoms. The minimum absolute atomic E-state index is 0.124. The number of hydrogen-bond acceptors (Lipinski definition) is 6. The van der Waals surface area contributed by atoms with E-state index in [-0.39, 0.29) is 11.5 Å². The highest BCUT2D eigenvalue weighted by molar-refractivity contribution is 9.10. The molecule has 10 heteroatoms. The van der Waals surface area contributed by atoms with E-state index in [1.807, 2.05) is 12.1 Å². The number of carboxylic acid groups (broad SMARTS) is 1. The highest BCUT2D eigenvalue weighted by Gasteiger charge is 2.30. The van der Waals surface area contributed by atoms with Gasteiger partial charge in [0.1, 0.15) is 6.61 Å². The molecule has 0 radical (unpaired) electrons. The summed E-state index contributed by atoms with van der Waals surface area (Å²) in [6, 6.07) is 17.2. The molecule has 1 N–H and O–H groups in total. The van der Waals surface area contributed by atoms with Crippen molar-refractivity contribution in [3.8, 4) is 11.5 Å². The molecule has 0 aromatic heterocycles. The number of carbonyl (C=O) groups is 2. The van der Waals surface area contributed by atoms with Gasteiger partial charge < -0.3 is 14.6 Å². The number of aromatic carboxylic acids is 1. The fourth-order valence-corrected chi connectivity index (χ4v) is 4.83. The van der Waals surface area contributed by atoms with Crippen LogP contribution < -0.4 is 9.47 Å². The first-order chi connectivity index (χ1) is 17.2. The molecule has 0 saturated carbocycles. The molecule has 0 unspecified atom stereocenters. The lowest BCUT2D eigenvalue weighted by Crippen LogP contribution is -2.23. The summed E-state index contributed by atoms with van der Waals surface area (Å²) in [5, 5.41) is 10.3. The molecule has 184 valence electrons. The Morgan fingerprint density at radius 3 is 2.61 bits per heavy atom. The number of ether oxygens (including phenoxy) is 2. The van der Waals surface area contributed by atoms with Crippen molar-refractivity contribution < 1.29 is 24.2 Å². The van der Waals surface area contributed by atoms with Gasteiger partial charge in [-0.05, 0) is 71.4 Å². The van der Waals surface area contributed by atoms with Crippen LogP contribution in [0.5, 0.6) is 11.5 Å². The zero-order valence-corrected chi connectivity index (χ0v) is 22.4. The highest BCUT2D eigenvalue weighted by atomic mass is 79.9. The van der Waals surface area contributed by atoms with E-state index in [4.69, 9.17) is 21.1 Å². The maximum Gasteiger partial charge on any atom is 0.335 e. The zero-order chi connectivity index (χ0) is 25.8. The lowest BCUT2D eigenvalue weighted by Gasteiger charge is -2.13. The van der Waals surface area contributed by atoms with Gasteiger partial charge in [0.2, 0.25) is 0 Å². The molecular formula is C26H20BrClN2O5S. The maximum absolute atomic E-state index is 12.9. The van der Waals surface area contributed by atoms with Crippen molar-refractivity contribution in [1.29, 1.82) is 0 Å². The molecule has 1 aliphatic rings. The Kier molecular flexibility index (Phi) is 8.03. The van der Waals surface area contributed by atoms with Crippen LogP contribution in [0.15, 0.2) is 75.0 Å². The Morgan fingerprint density at radius 2 is 1.92 bits per heavy atom. The molecule has 1 fully saturated rings. The molecule has 3 aromatic rings. The summed E-state index contributed by atoms with van der Waals surface area (Å²) in [6.45, 7) is 0.336. The number of methoxy groups -OCH3 is 1. The summed E-state index contributed by atoms with van der Waals surface area (Å²) < 4.78 is 12.2. The molecule has 1 heterocycles.